The number of carbonyl (C=O) groups is 1. The standard InChI is InChI=1S/C17H21ClN2O3/c1-10(17-11(2)20-23-12(17)3)8-16(22)19-9-15(21)13-4-6-14(18)7-5-13/h4-7,10,15,21H,8-9H2,1-3H3,(H,19,22). The van der Waals surface area contributed by atoms with E-state index >= 15 is 0 Å². The molecular formula is C17H21ClN2O3. The van der Waals surface area contributed by atoms with Crippen molar-refractivity contribution in [3.63, 3.8) is 0 Å². The first-order valence-corrected chi connectivity index (χ1v) is 7.89. The second-order valence-electron chi connectivity index (χ2n) is 5.71. The summed E-state index contributed by atoms with van der Waals surface area (Å²) in [5.74, 6) is 0.628. The van der Waals surface area contributed by atoms with Crippen LogP contribution in [0.3, 0.4) is 0 Å². The van der Waals surface area contributed by atoms with Gasteiger partial charge in [-0.3, -0.25) is 4.79 Å². The summed E-state index contributed by atoms with van der Waals surface area (Å²) < 4.78 is 5.13. The van der Waals surface area contributed by atoms with Gasteiger partial charge in [-0.1, -0.05) is 35.8 Å². The minimum Gasteiger partial charge on any atom is -0.387 e. The van der Waals surface area contributed by atoms with Gasteiger partial charge >= 0.3 is 0 Å². The van der Waals surface area contributed by atoms with Gasteiger partial charge < -0.3 is 14.9 Å². The molecule has 0 bridgehead atoms. The fourth-order valence-corrected chi connectivity index (χ4v) is 2.79. The van der Waals surface area contributed by atoms with Gasteiger partial charge in [-0.25, -0.2) is 0 Å². The summed E-state index contributed by atoms with van der Waals surface area (Å²) in [7, 11) is 0. The highest BCUT2D eigenvalue weighted by Crippen LogP contribution is 2.25. The van der Waals surface area contributed by atoms with Crippen LogP contribution in [0.15, 0.2) is 28.8 Å². The first-order chi connectivity index (χ1) is 10.9. The van der Waals surface area contributed by atoms with Gasteiger partial charge in [0.15, 0.2) is 0 Å². The summed E-state index contributed by atoms with van der Waals surface area (Å²) in [6, 6.07) is 6.90. The third-order valence-corrected chi connectivity index (χ3v) is 4.07. The number of benzene rings is 1. The Hall–Kier alpha value is -1.85. The number of aliphatic hydroxyl groups excluding tert-OH is 1. The van der Waals surface area contributed by atoms with Crippen LogP contribution in [0.4, 0.5) is 0 Å². The zero-order valence-electron chi connectivity index (χ0n) is 13.5. The van der Waals surface area contributed by atoms with Crippen LogP contribution in [-0.4, -0.2) is 22.7 Å². The second kappa shape index (κ2) is 7.62. The first kappa shape index (κ1) is 17.5. The van der Waals surface area contributed by atoms with Crippen molar-refractivity contribution in [1.29, 1.82) is 0 Å². The van der Waals surface area contributed by atoms with Crippen LogP contribution >= 0.6 is 11.6 Å². The lowest BCUT2D eigenvalue weighted by Crippen LogP contribution is -2.29. The Morgan fingerprint density at radius 1 is 1.35 bits per heavy atom. The highest BCUT2D eigenvalue weighted by Gasteiger charge is 2.19. The molecule has 0 aliphatic rings. The smallest absolute Gasteiger partial charge is 0.220 e. The molecule has 1 aromatic carbocycles. The molecule has 0 fully saturated rings. The molecule has 0 spiro atoms. The quantitative estimate of drug-likeness (QED) is 0.848. The summed E-state index contributed by atoms with van der Waals surface area (Å²) in [5, 5.41) is 17.4. The van der Waals surface area contributed by atoms with Gasteiger partial charge in [0.2, 0.25) is 5.91 Å². The van der Waals surface area contributed by atoms with Crippen molar-refractivity contribution in [1.82, 2.24) is 10.5 Å². The highest BCUT2D eigenvalue weighted by atomic mass is 35.5. The fraction of sp³-hybridized carbons (Fsp3) is 0.412. The maximum absolute atomic E-state index is 12.1. The average Bonchev–Trinajstić information content (AvgIpc) is 2.84. The van der Waals surface area contributed by atoms with Crippen LogP contribution in [0.1, 0.15) is 47.9 Å². The van der Waals surface area contributed by atoms with Crippen LogP contribution in [-0.2, 0) is 4.79 Å². The van der Waals surface area contributed by atoms with Crippen molar-refractivity contribution in [3.05, 3.63) is 51.9 Å². The van der Waals surface area contributed by atoms with Gasteiger partial charge in [0.25, 0.3) is 0 Å². The van der Waals surface area contributed by atoms with E-state index in [4.69, 9.17) is 16.1 Å². The Balaban J connectivity index is 1.86. The molecule has 2 rings (SSSR count). The highest BCUT2D eigenvalue weighted by molar-refractivity contribution is 6.30. The number of rotatable bonds is 6. The molecule has 2 aromatic rings. The summed E-state index contributed by atoms with van der Waals surface area (Å²) in [6.07, 6.45) is -0.443. The molecule has 1 aromatic heterocycles. The molecular weight excluding hydrogens is 316 g/mol. The van der Waals surface area contributed by atoms with E-state index in [0.717, 1.165) is 17.0 Å². The molecule has 0 saturated heterocycles. The van der Waals surface area contributed by atoms with Gasteiger partial charge in [-0.15, -0.1) is 0 Å². The molecule has 2 unspecified atom stereocenters. The Morgan fingerprint density at radius 2 is 2.00 bits per heavy atom. The molecule has 1 amide bonds. The van der Waals surface area contributed by atoms with Crippen molar-refractivity contribution < 1.29 is 14.4 Å². The number of carbonyl (C=O) groups excluding carboxylic acids is 1. The molecule has 0 aliphatic heterocycles. The Kier molecular flexibility index (Phi) is 5.80. The van der Waals surface area contributed by atoms with Crippen LogP contribution in [0.2, 0.25) is 5.02 Å². The van der Waals surface area contributed by atoms with E-state index in [2.05, 4.69) is 10.5 Å². The average molecular weight is 337 g/mol. The number of nitrogens with one attached hydrogen (secondary N) is 1. The number of aryl methyl sites for hydroxylation is 2. The molecule has 6 heteroatoms. The van der Waals surface area contributed by atoms with E-state index in [0.29, 0.717) is 17.0 Å². The van der Waals surface area contributed by atoms with Crippen molar-refractivity contribution in [2.45, 2.75) is 39.2 Å². The number of aromatic nitrogens is 1. The molecule has 2 atom stereocenters. The van der Waals surface area contributed by atoms with Crippen molar-refractivity contribution in [2.75, 3.05) is 6.54 Å². The van der Waals surface area contributed by atoms with E-state index in [9.17, 15) is 9.90 Å². The zero-order valence-corrected chi connectivity index (χ0v) is 14.2. The summed E-state index contributed by atoms with van der Waals surface area (Å²) in [4.78, 5) is 12.1. The van der Waals surface area contributed by atoms with Gasteiger partial charge in [-0.05, 0) is 37.5 Å². The number of nitrogens with zero attached hydrogens (tertiary/aromatic N) is 1. The van der Waals surface area contributed by atoms with E-state index < -0.39 is 6.10 Å². The van der Waals surface area contributed by atoms with E-state index in [1.807, 2.05) is 20.8 Å². The minimum atomic E-state index is -0.759. The number of amides is 1. The lowest BCUT2D eigenvalue weighted by Gasteiger charge is -2.14. The molecule has 0 aliphatic carbocycles. The molecule has 124 valence electrons. The lowest BCUT2D eigenvalue weighted by molar-refractivity contribution is -0.121. The van der Waals surface area contributed by atoms with Crippen LogP contribution in [0.25, 0.3) is 0 Å². The predicted molar refractivity (Wildman–Crippen MR) is 88.4 cm³/mol. The van der Waals surface area contributed by atoms with Gasteiger partial charge in [0, 0.05) is 23.6 Å². The maximum Gasteiger partial charge on any atom is 0.220 e. The largest absolute Gasteiger partial charge is 0.387 e. The van der Waals surface area contributed by atoms with Crippen molar-refractivity contribution in [3.8, 4) is 0 Å². The SMILES string of the molecule is Cc1noc(C)c1C(C)CC(=O)NCC(O)c1ccc(Cl)cc1. The molecule has 23 heavy (non-hydrogen) atoms. The Labute approximate surface area is 140 Å². The van der Waals surface area contributed by atoms with Gasteiger partial charge in [0.05, 0.1) is 11.8 Å². The predicted octanol–water partition coefficient (Wildman–Crippen LogP) is 3.29. The van der Waals surface area contributed by atoms with Gasteiger partial charge in [-0.2, -0.15) is 0 Å². The topological polar surface area (TPSA) is 75.4 Å². The maximum atomic E-state index is 12.1. The van der Waals surface area contributed by atoms with Crippen LogP contribution in [0, 0.1) is 13.8 Å². The van der Waals surface area contributed by atoms with Crippen LogP contribution < -0.4 is 5.32 Å². The zero-order chi connectivity index (χ0) is 17.0. The van der Waals surface area contributed by atoms with Crippen LogP contribution in [0.5, 0.6) is 0 Å². The number of halogens is 1. The third kappa shape index (κ3) is 4.56. The lowest BCUT2D eigenvalue weighted by atomic mass is 9.96. The summed E-state index contributed by atoms with van der Waals surface area (Å²) >= 11 is 5.81. The number of hydrogen-bond donors (Lipinski definition) is 2. The minimum absolute atomic E-state index is 0.00826. The van der Waals surface area contributed by atoms with E-state index in [-0.39, 0.29) is 18.4 Å². The van der Waals surface area contributed by atoms with E-state index in [1.54, 1.807) is 24.3 Å². The normalized spacial score (nSPS) is 13.6. The monoisotopic (exact) mass is 336 g/mol. The third-order valence-electron chi connectivity index (χ3n) is 3.82. The first-order valence-electron chi connectivity index (χ1n) is 7.51. The van der Waals surface area contributed by atoms with Gasteiger partial charge in [0.1, 0.15) is 5.76 Å². The van der Waals surface area contributed by atoms with Crippen molar-refractivity contribution >= 4 is 17.5 Å². The molecule has 0 saturated carbocycles. The number of hydrogen-bond acceptors (Lipinski definition) is 4. The molecule has 0 radical (unpaired) electrons. The summed E-state index contributed by atoms with van der Waals surface area (Å²) in [5.41, 5.74) is 2.50. The van der Waals surface area contributed by atoms with Crippen molar-refractivity contribution in [2.24, 2.45) is 0 Å². The Morgan fingerprint density at radius 3 is 2.57 bits per heavy atom. The fourth-order valence-electron chi connectivity index (χ4n) is 2.66. The molecule has 2 N–H and O–H groups in total. The second-order valence-corrected chi connectivity index (χ2v) is 6.15. The number of aliphatic hydroxyl groups is 1. The van der Waals surface area contributed by atoms with E-state index in [1.165, 1.54) is 0 Å². The molecule has 1 heterocycles. The molecule has 5 nitrogen and oxygen atoms in total. The Bertz CT molecular complexity index is 647. The summed E-state index contributed by atoms with van der Waals surface area (Å²) in [6.45, 7) is 5.83.